The van der Waals surface area contributed by atoms with Gasteiger partial charge < -0.3 is 14.8 Å². The quantitative estimate of drug-likeness (QED) is 0.716. The summed E-state index contributed by atoms with van der Waals surface area (Å²) in [5.41, 5.74) is 1.24. The monoisotopic (exact) mass is 230 g/mol. The van der Waals surface area contributed by atoms with E-state index in [1.54, 1.807) is 43.8 Å². The molecule has 1 heterocycles. The van der Waals surface area contributed by atoms with E-state index in [1.165, 1.54) is 0 Å². The van der Waals surface area contributed by atoms with Crippen LogP contribution in [0.25, 0.3) is 11.4 Å². The lowest BCUT2D eigenvalue weighted by Crippen LogP contribution is -2.29. The summed E-state index contributed by atoms with van der Waals surface area (Å²) in [6, 6.07) is 6.70. The fraction of sp³-hybridized carbons (Fsp3) is 0.0909. The second-order valence-electron chi connectivity index (χ2n) is 3.44. The Morgan fingerprint density at radius 2 is 1.65 bits per heavy atom. The Kier molecular flexibility index (Phi) is 3.36. The van der Waals surface area contributed by atoms with E-state index in [2.05, 4.69) is 9.97 Å². The molecule has 0 aliphatic rings. The fourth-order valence-electron chi connectivity index (χ4n) is 1.37. The van der Waals surface area contributed by atoms with Gasteiger partial charge in [-0.15, -0.1) is 0 Å². The average Bonchev–Trinajstić information content (AvgIpc) is 2.39. The van der Waals surface area contributed by atoms with E-state index in [0.717, 1.165) is 5.56 Å². The van der Waals surface area contributed by atoms with Crippen molar-refractivity contribution in [3.05, 3.63) is 36.7 Å². The van der Waals surface area contributed by atoms with Gasteiger partial charge in [0.05, 0.1) is 19.5 Å². The Hall–Kier alpha value is -1.92. The summed E-state index contributed by atoms with van der Waals surface area (Å²) < 4.78 is 4.96. The number of aromatic nitrogens is 2. The van der Waals surface area contributed by atoms with Gasteiger partial charge in [0.2, 0.25) is 0 Å². The first-order chi connectivity index (χ1) is 8.20. The van der Waals surface area contributed by atoms with Crippen molar-refractivity contribution in [1.29, 1.82) is 0 Å². The van der Waals surface area contributed by atoms with Crippen molar-refractivity contribution >= 4 is 12.6 Å². The highest BCUT2D eigenvalue weighted by Crippen LogP contribution is 2.14. The van der Waals surface area contributed by atoms with Gasteiger partial charge in [-0.2, -0.15) is 0 Å². The maximum Gasteiger partial charge on any atom is 0.488 e. The van der Waals surface area contributed by atoms with Crippen LogP contribution in [0.1, 0.15) is 0 Å². The average molecular weight is 230 g/mol. The molecule has 0 aliphatic carbocycles. The molecule has 0 unspecified atom stereocenters. The summed E-state index contributed by atoms with van der Waals surface area (Å²) in [5, 5.41) is 17.9. The molecule has 0 saturated carbocycles. The smallest absolute Gasteiger partial charge is 0.488 e. The van der Waals surface area contributed by atoms with E-state index < -0.39 is 7.12 Å². The molecule has 0 atom stereocenters. The first kappa shape index (κ1) is 11.6. The van der Waals surface area contributed by atoms with Gasteiger partial charge in [0.25, 0.3) is 0 Å². The summed E-state index contributed by atoms with van der Waals surface area (Å²) in [6.07, 6.45) is 3.16. The van der Waals surface area contributed by atoms with Gasteiger partial charge in [0, 0.05) is 5.56 Å². The maximum atomic E-state index is 8.96. The number of rotatable bonds is 3. The van der Waals surface area contributed by atoms with Gasteiger partial charge in [0.15, 0.2) is 11.6 Å². The Balaban J connectivity index is 2.26. The lowest BCUT2D eigenvalue weighted by Gasteiger charge is -2.03. The normalized spacial score (nSPS) is 10.1. The van der Waals surface area contributed by atoms with Crippen molar-refractivity contribution in [2.75, 3.05) is 7.11 Å². The number of hydrogen-bond donors (Lipinski definition) is 2. The Bertz CT molecular complexity index is 485. The Morgan fingerprint density at radius 1 is 1.06 bits per heavy atom. The first-order valence-corrected chi connectivity index (χ1v) is 5.03. The van der Waals surface area contributed by atoms with Gasteiger partial charge in [0.1, 0.15) is 0 Å². The summed E-state index contributed by atoms with van der Waals surface area (Å²) in [6.45, 7) is 0. The zero-order valence-corrected chi connectivity index (χ0v) is 9.24. The first-order valence-electron chi connectivity index (χ1n) is 5.03. The van der Waals surface area contributed by atoms with E-state index >= 15 is 0 Å². The van der Waals surface area contributed by atoms with Crippen LogP contribution in [-0.4, -0.2) is 34.2 Å². The van der Waals surface area contributed by atoms with Crippen LogP contribution in [0.2, 0.25) is 0 Å². The summed E-state index contributed by atoms with van der Waals surface area (Å²) in [4.78, 5) is 8.27. The van der Waals surface area contributed by atoms with Crippen molar-refractivity contribution in [1.82, 2.24) is 9.97 Å². The molecule has 0 radical (unpaired) electrons. The van der Waals surface area contributed by atoms with E-state index in [9.17, 15) is 0 Å². The third-order valence-corrected chi connectivity index (χ3v) is 2.33. The van der Waals surface area contributed by atoms with Crippen LogP contribution in [0.3, 0.4) is 0 Å². The molecule has 0 spiro atoms. The summed E-state index contributed by atoms with van der Waals surface area (Å²) in [7, 11) is 0.0938. The summed E-state index contributed by atoms with van der Waals surface area (Å²) >= 11 is 0. The van der Waals surface area contributed by atoms with Crippen LogP contribution in [0.15, 0.2) is 36.7 Å². The van der Waals surface area contributed by atoms with Crippen LogP contribution >= 0.6 is 0 Å². The topological polar surface area (TPSA) is 75.5 Å². The minimum atomic E-state index is -1.46. The molecule has 1 aromatic carbocycles. The molecule has 2 rings (SSSR count). The second-order valence-corrected chi connectivity index (χ2v) is 3.44. The highest BCUT2D eigenvalue weighted by atomic mass is 16.5. The molecule has 17 heavy (non-hydrogen) atoms. The minimum Gasteiger partial charge on any atom is -0.494 e. The zero-order valence-electron chi connectivity index (χ0n) is 9.24. The minimum absolute atomic E-state index is 0.433. The molecule has 0 fully saturated rings. The molecule has 1 aromatic heterocycles. The fourth-order valence-corrected chi connectivity index (χ4v) is 1.37. The van der Waals surface area contributed by atoms with E-state index in [0.29, 0.717) is 17.0 Å². The van der Waals surface area contributed by atoms with Crippen LogP contribution in [-0.2, 0) is 0 Å². The van der Waals surface area contributed by atoms with Crippen LogP contribution < -0.4 is 10.2 Å². The number of ether oxygens (including phenoxy) is 1. The van der Waals surface area contributed by atoms with Gasteiger partial charge in [-0.05, 0) is 5.46 Å². The zero-order chi connectivity index (χ0) is 12.3. The molecular weight excluding hydrogens is 219 g/mol. The van der Waals surface area contributed by atoms with E-state index in [4.69, 9.17) is 14.8 Å². The molecule has 6 heteroatoms. The standard InChI is InChI=1S/C11H11BN2O3/c1-17-10-6-13-11(14-7-10)8-2-4-9(5-3-8)12(15)16/h2-7,15-16H,1H3. The largest absolute Gasteiger partial charge is 0.494 e. The van der Waals surface area contributed by atoms with E-state index in [-0.39, 0.29) is 0 Å². The number of benzene rings is 1. The maximum absolute atomic E-state index is 8.96. The lowest BCUT2D eigenvalue weighted by atomic mass is 9.80. The molecule has 2 N–H and O–H groups in total. The van der Waals surface area contributed by atoms with Crippen LogP contribution in [0.4, 0.5) is 0 Å². The molecule has 5 nitrogen and oxygen atoms in total. The molecule has 0 bridgehead atoms. The van der Waals surface area contributed by atoms with Crippen molar-refractivity contribution in [2.24, 2.45) is 0 Å². The van der Waals surface area contributed by atoms with Gasteiger partial charge >= 0.3 is 7.12 Å². The highest BCUT2D eigenvalue weighted by Gasteiger charge is 2.10. The van der Waals surface area contributed by atoms with Gasteiger partial charge in [-0.3, -0.25) is 0 Å². The highest BCUT2D eigenvalue weighted by molar-refractivity contribution is 6.58. The van der Waals surface area contributed by atoms with Gasteiger partial charge in [-0.1, -0.05) is 24.3 Å². The third kappa shape index (κ3) is 2.61. The molecule has 0 aliphatic heterocycles. The van der Waals surface area contributed by atoms with Crippen molar-refractivity contribution in [3.63, 3.8) is 0 Å². The van der Waals surface area contributed by atoms with Crippen LogP contribution in [0, 0.1) is 0 Å². The lowest BCUT2D eigenvalue weighted by molar-refractivity contribution is 0.411. The second kappa shape index (κ2) is 4.94. The van der Waals surface area contributed by atoms with Crippen molar-refractivity contribution in [3.8, 4) is 17.1 Å². The molecule has 86 valence electrons. The number of nitrogens with zero attached hydrogens (tertiary/aromatic N) is 2. The summed E-state index contributed by atoms with van der Waals surface area (Å²) in [5.74, 6) is 1.15. The number of methoxy groups -OCH3 is 1. The Labute approximate surface area is 98.9 Å². The Morgan fingerprint density at radius 3 is 2.12 bits per heavy atom. The molecule has 0 amide bonds. The predicted octanol–water partition coefficient (Wildman–Crippen LogP) is -0.168. The predicted molar refractivity (Wildman–Crippen MR) is 63.8 cm³/mol. The van der Waals surface area contributed by atoms with E-state index in [1.807, 2.05) is 0 Å². The molecular formula is C11H11BN2O3. The van der Waals surface area contributed by atoms with Crippen molar-refractivity contribution < 1.29 is 14.8 Å². The van der Waals surface area contributed by atoms with Gasteiger partial charge in [-0.25, -0.2) is 9.97 Å². The third-order valence-electron chi connectivity index (χ3n) is 2.33. The number of hydrogen-bond acceptors (Lipinski definition) is 5. The van der Waals surface area contributed by atoms with Crippen molar-refractivity contribution in [2.45, 2.75) is 0 Å². The molecule has 0 saturated heterocycles. The SMILES string of the molecule is COc1cnc(-c2ccc(B(O)O)cc2)nc1. The molecule has 2 aromatic rings. The van der Waals surface area contributed by atoms with Crippen LogP contribution in [0.5, 0.6) is 5.75 Å².